The van der Waals surface area contributed by atoms with Crippen LogP contribution in [-0.2, 0) is 4.79 Å². The molecule has 1 aliphatic carbocycles. The second-order valence-corrected chi connectivity index (χ2v) is 8.14. The van der Waals surface area contributed by atoms with Crippen LogP contribution < -0.4 is 15.1 Å². The van der Waals surface area contributed by atoms with E-state index in [1.165, 1.54) is 29.0 Å². The Balaban J connectivity index is 1.46. The Kier molecular flexibility index (Phi) is 6.00. The lowest BCUT2D eigenvalue weighted by molar-refractivity contribution is -0.892. The Hall–Kier alpha value is -1.55. The summed E-state index contributed by atoms with van der Waals surface area (Å²) in [6, 6.07) is 8.97. The van der Waals surface area contributed by atoms with Gasteiger partial charge in [0.1, 0.15) is 0 Å². The maximum Gasteiger partial charge on any atom is 0.275 e. The number of piperazine rings is 1. The normalized spacial score (nSPS) is 28.0. The molecule has 25 heavy (non-hydrogen) atoms. The average Bonchev–Trinajstić information content (AvgIpc) is 2.60. The van der Waals surface area contributed by atoms with Crippen LogP contribution in [0, 0.1) is 18.8 Å². The number of aryl methyl sites for hydroxylation is 1. The minimum atomic E-state index is 0.241. The summed E-state index contributed by atoms with van der Waals surface area (Å²) in [5.74, 6) is 1.57. The first-order chi connectivity index (χ1) is 12.0. The molecule has 3 atom stereocenters. The molecule has 1 aromatic carbocycles. The highest BCUT2D eigenvalue weighted by Crippen LogP contribution is 2.29. The number of nitrogens with one attached hydrogen (secondary N) is 2. The van der Waals surface area contributed by atoms with E-state index in [9.17, 15) is 4.79 Å². The van der Waals surface area contributed by atoms with Gasteiger partial charge in [-0.1, -0.05) is 44.9 Å². The fourth-order valence-corrected chi connectivity index (χ4v) is 4.43. The number of hydrogen-bond donors (Lipinski definition) is 2. The zero-order chi connectivity index (χ0) is 17.8. The topological polar surface area (TPSA) is 36.8 Å². The van der Waals surface area contributed by atoms with Crippen molar-refractivity contribution in [2.45, 2.75) is 46.1 Å². The summed E-state index contributed by atoms with van der Waals surface area (Å²) in [6.07, 6.45) is 3.70. The Bertz CT molecular complexity index is 580. The fourth-order valence-electron chi connectivity index (χ4n) is 4.43. The first-order valence-electron chi connectivity index (χ1n) is 9.98. The largest absolute Gasteiger partial charge is 0.360 e. The molecule has 0 unspecified atom stereocenters. The molecule has 2 fully saturated rings. The van der Waals surface area contributed by atoms with E-state index >= 15 is 0 Å². The molecule has 0 spiro atoms. The summed E-state index contributed by atoms with van der Waals surface area (Å²) in [6.45, 7) is 11.6. The van der Waals surface area contributed by atoms with Crippen LogP contribution in [0.3, 0.4) is 0 Å². The van der Waals surface area contributed by atoms with E-state index in [2.05, 4.69) is 55.3 Å². The van der Waals surface area contributed by atoms with E-state index in [0.717, 1.165) is 38.5 Å². The van der Waals surface area contributed by atoms with Gasteiger partial charge in [-0.15, -0.1) is 0 Å². The van der Waals surface area contributed by atoms with Gasteiger partial charge in [0.05, 0.1) is 26.2 Å². The van der Waals surface area contributed by atoms with Gasteiger partial charge in [-0.3, -0.25) is 4.79 Å². The summed E-state index contributed by atoms with van der Waals surface area (Å²) in [7, 11) is 0. The maximum atomic E-state index is 12.5. The van der Waals surface area contributed by atoms with Gasteiger partial charge in [0.2, 0.25) is 0 Å². The van der Waals surface area contributed by atoms with Gasteiger partial charge in [0.25, 0.3) is 5.91 Å². The zero-order valence-electron chi connectivity index (χ0n) is 16.1. The first kappa shape index (κ1) is 18.2. The third-order valence-corrected chi connectivity index (χ3v) is 6.39. The van der Waals surface area contributed by atoms with Crippen LogP contribution in [0.5, 0.6) is 0 Å². The van der Waals surface area contributed by atoms with Crippen LogP contribution in [-0.4, -0.2) is 44.7 Å². The molecule has 1 saturated carbocycles. The lowest BCUT2D eigenvalue weighted by Gasteiger charge is -2.36. The average molecular weight is 345 g/mol. The molecule has 1 saturated heterocycles. The molecule has 0 bridgehead atoms. The number of amides is 1. The quantitative estimate of drug-likeness (QED) is 0.871. The van der Waals surface area contributed by atoms with Crippen LogP contribution in [0.1, 0.15) is 38.7 Å². The van der Waals surface area contributed by atoms with Crippen molar-refractivity contribution >= 4 is 11.6 Å². The molecule has 0 radical (unpaired) electrons. The first-order valence-corrected chi connectivity index (χ1v) is 9.98. The molecule has 138 valence electrons. The Labute approximate surface area is 152 Å². The molecule has 1 amide bonds. The molecular formula is C21H34N3O+. The maximum absolute atomic E-state index is 12.5. The zero-order valence-corrected chi connectivity index (χ0v) is 16.1. The predicted octanol–water partition coefficient (Wildman–Crippen LogP) is 1.64. The third-order valence-electron chi connectivity index (χ3n) is 6.39. The van der Waals surface area contributed by atoms with E-state index in [0.29, 0.717) is 18.5 Å². The minimum absolute atomic E-state index is 0.241. The highest BCUT2D eigenvalue weighted by atomic mass is 16.2. The van der Waals surface area contributed by atoms with Crippen LogP contribution >= 0.6 is 0 Å². The number of nitrogens with zero attached hydrogens (tertiary/aromatic N) is 1. The van der Waals surface area contributed by atoms with Crippen molar-refractivity contribution < 1.29 is 9.69 Å². The molecule has 1 aliphatic heterocycles. The monoisotopic (exact) mass is 344 g/mol. The molecule has 4 nitrogen and oxygen atoms in total. The van der Waals surface area contributed by atoms with E-state index in [-0.39, 0.29) is 5.91 Å². The summed E-state index contributed by atoms with van der Waals surface area (Å²) in [4.78, 5) is 16.4. The summed E-state index contributed by atoms with van der Waals surface area (Å²) in [5, 5.41) is 3.32. The lowest BCUT2D eigenvalue weighted by atomic mass is 9.78. The molecule has 1 aromatic rings. The summed E-state index contributed by atoms with van der Waals surface area (Å²) >= 11 is 0. The molecule has 0 aromatic heterocycles. The van der Waals surface area contributed by atoms with Crippen LogP contribution in [0.25, 0.3) is 0 Å². The summed E-state index contributed by atoms with van der Waals surface area (Å²) in [5.41, 5.74) is 2.68. The number of anilines is 1. The molecule has 1 heterocycles. The van der Waals surface area contributed by atoms with Gasteiger partial charge < -0.3 is 15.1 Å². The van der Waals surface area contributed by atoms with E-state index < -0.39 is 0 Å². The van der Waals surface area contributed by atoms with Crippen molar-refractivity contribution in [2.75, 3.05) is 37.6 Å². The second kappa shape index (κ2) is 8.22. The number of para-hydroxylation sites is 1. The number of carbonyl (C=O) groups excluding carboxylic acids is 1. The van der Waals surface area contributed by atoms with Crippen LogP contribution in [0.4, 0.5) is 5.69 Å². The number of rotatable bonds is 4. The van der Waals surface area contributed by atoms with Crippen molar-refractivity contribution in [3.05, 3.63) is 29.8 Å². The van der Waals surface area contributed by atoms with Gasteiger partial charge in [0.15, 0.2) is 6.54 Å². The summed E-state index contributed by atoms with van der Waals surface area (Å²) < 4.78 is 0. The van der Waals surface area contributed by atoms with Crippen molar-refractivity contribution in [3.63, 3.8) is 0 Å². The Morgan fingerprint density at radius 1 is 1.20 bits per heavy atom. The number of hydrogen-bond acceptors (Lipinski definition) is 2. The molecular weight excluding hydrogens is 310 g/mol. The number of benzene rings is 1. The highest BCUT2D eigenvalue weighted by molar-refractivity contribution is 5.77. The standard InChI is InChI=1S/C21H33N3O/c1-16-8-6-9-19(18(16)3)22-21(25)15-23-11-13-24(14-12-23)20-10-5-4-7-17(20)2/h4-5,7,10,16,18-19H,6,8-9,11-15H2,1-3H3,(H,22,25)/p+1/t16-,18+,19-/m1/s1. The molecule has 4 heteroatoms. The lowest BCUT2D eigenvalue weighted by Crippen LogP contribution is -3.16. The van der Waals surface area contributed by atoms with Crippen LogP contribution in [0.15, 0.2) is 24.3 Å². The van der Waals surface area contributed by atoms with Gasteiger partial charge in [0, 0.05) is 11.7 Å². The van der Waals surface area contributed by atoms with Gasteiger partial charge in [-0.25, -0.2) is 0 Å². The van der Waals surface area contributed by atoms with Gasteiger partial charge in [-0.2, -0.15) is 0 Å². The number of carbonyl (C=O) groups is 1. The van der Waals surface area contributed by atoms with Gasteiger partial charge in [-0.05, 0) is 36.8 Å². The molecule has 2 N–H and O–H groups in total. The fraction of sp³-hybridized carbons (Fsp3) is 0.667. The van der Waals surface area contributed by atoms with Crippen molar-refractivity contribution in [3.8, 4) is 0 Å². The molecule has 2 aliphatic rings. The minimum Gasteiger partial charge on any atom is -0.360 e. The molecule has 3 rings (SSSR count). The Morgan fingerprint density at radius 3 is 2.64 bits per heavy atom. The van der Waals surface area contributed by atoms with Crippen molar-refractivity contribution in [1.29, 1.82) is 0 Å². The predicted molar refractivity (Wildman–Crippen MR) is 103 cm³/mol. The smallest absolute Gasteiger partial charge is 0.275 e. The van der Waals surface area contributed by atoms with Crippen LogP contribution in [0.2, 0.25) is 0 Å². The SMILES string of the molecule is Cc1ccccc1N1CC[NH+](CC(=O)N[C@@H]2CCC[C@@H](C)[C@@H]2C)CC1. The van der Waals surface area contributed by atoms with Crippen molar-refractivity contribution in [1.82, 2.24) is 5.32 Å². The Morgan fingerprint density at radius 2 is 1.92 bits per heavy atom. The van der Waals surface area contributed by atoms with E-state index in [1.54, 1.807) is 0 Å². The van der Waals surface area contributed by atoms with E-state index in [1.807, 2.05) is 0 Å². The second-order valence-electron chi connectivity index (χ2n) is 8.14. The van der Waals surface area contributed by atoms with Crippen molar-refractivity contribution in [2.24, 2.45) is 11.8 Å². The number of quaternary nitrogens is 1. The van der Waals surface area contributed by atoms with Gasteiger partial charge >= 0.3 is 0 Å². The highest BCUT2D eigenvalue weighted by Gasteiger charge is 2.29. The third kappa shape index (κ3) is 4.55. The van der Waals surface area contributed by atoms with E-state index in [4.69, 9.17) is 0 Å².